The number of hydrogen-bond acceptors (Lipinski definition) is 6. The summed E-state index contributed by atoms with van der Waals surface area (Å²) in [6.45, 7) is 3.97. The molecule has 0 aromatic carbocycles. The lowest BCUT2D eigenvalue weighted by atomic mass is 10.1. The van der Waals surface area contributed by atoms with Crippen molar-refractivity contribution in [1.82, 2.24) is 19.9 Å². The zero-order valence-corrected chi connectivity index (χ0v) is 12.7. The van der Waals surface area contributed by atoms with E-state index in [0.29, 0.717) is 6.04 Å². The quantitative estimate of drug-likeness (QED) is 0.937. The van der Waals surface area contributed by atoms with Crippen LogP contribution in [0.1, 0.15) is 36.1 Å². The van der Waals surface area contributed by atoms with Crippen LogP contribution in [0.3, 0.4) is 0 Å². The largest absolute Gasteiger partial charge is 0.373 e. The molecule has 0 unspecified atom stereocenters. The molecule has 2 aromatic heterocycles. The molecule has 0 radical (unpaired) electrons. The monoisotopic (exact) mass is 289 g/mol. The van der Waals surface area contributed by atoms with Crippen LogP contribution in [0.15, 0.2) is 17.0 Å². The molecule has 3 heterocycles. The van der Waals surface area contributed by atoms with E-state index in [4.69, 9.17) is 0 Å². The van der Waals surface area contributed by atoms with Crippen LogP contribution in [0.5, 0.6) is 0 Å². The molecule has 106 valence electrons. The fourth-order valence-corrected chi connectivity index (χ4v) is 3.31. The van der Waals surface area contributed by atoms with Crippen LogP contribution in [-0.2, 0) is 6.54 Å². The van der Waals surface area contributed by atoms with Gasteiger partial charge in [-0.15, -0.1) is 11.3 Å². The summed E-state index contributed by atoms with van der Waals surface area (Å²) in [5.41, 5.74) is 4.17. The molecule has 2 aromatic rings. The van der Waals surface area contributed by atoms with Crippen LogP contribution in [-0.4, -0.2) is 33.4 Å². The maximum atomic E-state index is 4.63. The van der Waals surface area contributed by atoms with Crippen molar-refractivity contribution < 1.29 is 0 Å². The van der Waals surface area contributed by atoms with Crippen molar-refractivity contribution in [3.05, 3.63) is 34.2 Å². The van der Waals surface area contributed by atoms with Gasteiger partial charge in [0, 0.05) is 25.0 Å². The third-order valence-electron chi connectivity index (χ3n) is 3.67. The molecular formula is C14H19N5S. The minimum absolute atomic E-state index is 0.380. The zero-order chi connectivity index (χ0) is 13.9. The van der Waals surface area contributed by atoms with Crippen molar-refractivity contribution in [3.63, 3.8) is 0 Å². The smallest absolute Gasteiger partial charge is 0.129 e. The third kappa shape index (κ3) is 2.81. The number of aromatic nitrogens is 3. The maximum Gasteiger partial charge on any atom is 0.129 e. The molecular weight excluding hydrogens is 270 g/mol. The van der Waals surface area contributed by atoms with Crippen molar-refractivity contribution in [2.24, 2.45) is 0 Å². The van der Waals surface area contributed by atoms with Gasteiger partial charge in [0.05, 0.1) is 22.9 Å². The molecule has 1 saturated heterocycles. The van der Waals surface area contributed by atoms with Crippen molar-refractivity contribution in [1.29, 1.82) is 0 Å². The van der Waals surface area contributed by atoms with Gasteiger partial charge in [-0.05, 0) is 26.3 Å². The highest BCUT2D eigenvalue weighted by Crippen LogP contribution is 2.32. The van der Waals surface area contributed by atoms with E-state index in [-0.39, 0.29) is 0 Å². The van der Waals surface area contributed by atoms with Gasteiger partial charge in [0.15, 0.2) is 0 Å². The van der Waals surface area contributed by atoms with Gasteiger partial charge in [-0.3, -0.25) is 4.90 Å². The number of aryl methyl sites for hydroxylation is 1. The first-order valence-electron chi connectivity index (χ1n) is 6.90. The van der Waals surface area contributed by atoms with Gasteiger partial charge >= 0.3 is 0 Å². The molecule has 1 atom stereocenters. The Kier molecular flexibility index (Phi) is 3.93. The number of nitrogens with one attached hydrogen (secondary N) is 1. The molecule has 0 spiro atoms. The first-order chi connectivity index (χ1) is 9.76. The molecule has 1 aliphatic heterocycles. The summed E-state index contributed by atoms with van der Waals surface area (Å²) in [5.74, 6) is 1.72. The van der Waals surface area contributed by atoms with Crippen LogP contribution in [0, 0.1) is 6.92 Å². The highest BCUT2D eigenvalue weighted by atomic mass is 32.1. The average molecular weight is 289 g/mol. The van der Waals surface area contributed by atoms with Crippen LogP contribution in [0.2, 0.25) is 0 Å². The van der Waals surface area contributed by atoms with Gasteiger partial charge in [-0.2, -0.15) is 0 Å². The van der Waals surface area contributed by atoms with E-state index in [9.17, 15) is 0 Å². The molecule has 1 aliphatic rings. The highest BCUT2D eigenvalue weighted by molar-refractivity contribution is 7.07. The standard InChI is InChI=1S/C14H19N5S/c1-10-17-12(6-14(15-2)18-10)13-4-3-5-19(13)7-11-8-20-9-16-11/h6,8-9,13H,3-5,7H2,1-2H3,(H,15,17,18)/t13-/m0/s1. The number of rotatable bonds is 4. The van der Waals surface area contributed by atoms with E-state index >= 15 is 0 Å². The summed E-state index contributed by atoms with van der Waals surface area (Å²) in [4.78, 5) is 15.9. The summed E-state index contributed by atoms with van der Waals surface area (Å²) in [7, 11) is 1.90. The molecule has 5 nitrogen and oxygen atoms in total. The predicted octanol–water partition coefficient (Wildman–Crippen LogP) is 2.62. The van der Waals surface area contributed by atoms with E-state index in [0.717, 1.165) is 42.5 Å². The van der Waals surface area contributed by atoms with E-state index in [1.165, 1.54) is 6.42 Å². The molecule has 0 amide bonds. The Balaban J connectivity index is 1.82. The molecule has 0 aliphatic carbocycles. The second kappa shape index (κ2) is 5.85. The lowest BCUT2D eigenvalue weighted by Crippen LogP contribution is -2.24. The summed E-state index contributed by atoms with van der Waals surface area (Å²) in [5, 5.41) is 5.24. The number of likely N-dealkylation sites (tertiary alicyclic amines) is 1. The Labute approximate surface area is 123 Å². The lowest BCUT2D eigenvalue weighted by Gasteiger charge is -2.23. The van der Waals surface area contributed by atoms with E-state index in [1.54, 1.807) is 11.3 Å². The summed E-state index contributed by atoms with van der Waals surface area (Å²) in [6, 6.07) is 2.45. The SMILES string of the molecule is CNc1cc([C@@H]2CCCN2Cc2cscn2)nc(C)n1. The first-order valence-corrected chi connectivity index (χ1v) is 7.85. The van der Waals surface area contributed by atoms with Gasteiger partial charge in [-0.1, -0.05) is 0 Å². The highest BCUT2D eigenvalue weighted by Gasteiger charge is 2.28. The number of hydrogen-bond donors (Lipinski definition) is 1. The number of anilines is 1. The second-order valence-corrected chi connectivity index (χ2v) is 5.80. The zero-order valence-electron chi connectivity index (χ0n) is 11.8. The minimum Gasteiger partial charge on any atom is -0.373 e. The van der Waals surface area contributed by atoms with Gasteiger partial charge in [0.2, 0.25) is 0 Å². The Hall–Kier alpha value is -1.53. The Morgan fingerprint density at radius 2 is 2.35 bits per heavy atom. The predicted molar refractivity (Wildman–Crippen MR) is 80.8 cm³/mol. The summed E-state index contributed by atoms with van der Waals surface area (Å²) >= 11 is 1.66. The van der Waals surface area contributed by atoms with Crippen molar-refractivity contribution in [3.8, 4) is 0 Å². The van der Waals surface area contributed by atoms with Gasteiger partial charge in [-0.25, -0.2) is 15.0 Å². The Morgan fingerprint density at radius 3 is 3.10 bits per heavy atom. The van der Waals surface area contributed by atoms with Gasteiger partial charge in [0.1, 0.15) is 11.6 Å². The van der Waals surface area contributed by atoms with Crippen molar-refractivity contribution in [2.75, 3.05) is 18.9 Å². The Morgan fingerprint density at radius 1 is 1.45 bits per heavy atom. The van der Waals surface area contributed by atoms with Gasteiger partial charge in [0.25, 0.3) is 0 Å². The topological polar surface area (TPSA) is 53.9 Å². The van der Waals surface area contributed by atoms with Crippen LogP contribution < -0.4 is 5.32 Å². The molecule has 3 rings (SSSR count). The fourth-order valence-electron chi connectivity index (χ4n) is 2.76. The van der Waals surface area contributed by atoms with Gasteiger partial charge < -0.3 is 5.32 Å². The molecule has 0 saturated carbocycles. The normalized spacial score (nSPS) is 19.4. The summed E-state index contributed by atoms with van der Waals surface area (Å²) in [6.07, 6.45) is 2.37. The number of thiazole rings is 1. The lowest BCUT2D eigenvalue weighted by molar-refractivity contribution is 0.241. The van der Waals surface area contributed by atoms with E-state index in [1.807, 2.05) is 19.5 Å². The molecule has 1 fully saturated rings. The first kappa shape index (κ1) is 13.5. The molecule has 1 N–H and O–H groups in total. The van der Waals surface area contributed by atoms with E-state index in [2.05, 4.69) is 36.6 Å². The second-order valence-electron chi connectivity index (χ2n) is 5.08. The molecule has 20 heavy (non-hydrogen) atoms. The van der Waals surface area contributed by atoms with Crippen LogP contribution in [0.25, 0.3) is 0 Å². The minimum atomic E-state index is 0.380. The molecule has 6 heteroatoms. The van der Waals surface area contributed by atoms with Crippen LogP contribution in [0.4, 0.5) is 5.82 Å². The average Bonchev–Trinajstić information content (AvgIpc) is 3.10. The third-order valence-corrected chi connectivity index (χ3v) is 4.30. The van der Waals surface area contributed by atoms with Crippen molar-refractivity contribution >= 4 is 17.2 Å². The molecule has 0 bridgehead atoms. The fraction of sp³-hybridized carbons (Fsp3) is 0.500. The number of nitrogens with zero attached hydrogens (tertiary/aromatic N) is 4. The summed E-state index contributed by atoms with van der Waals surface area (Å²) < 4.78 is 0. The Bertz CT molecular complexity index is 569. The van der Waals surface area contributed by atoms with E-state index < -0.39 is 0 Å². The maximum absolute atomic E-state index is 4.63. The van der Waals surface area contributed by atoms with Crippen LogP contribution >= 0.6 is 11.3 Å². The van der Waals surface area contributed by atoms with Crippen molar-refractivity contribution in [2.45, 2.75) is 32.4 Å².